The van der Waals surface area contributed by atoms with E-state index in [9.17, 15) is 0 Å². The van der Waals surface area contributed by atoms with Gasteiger partial charge in [0.05, 0.1) is 5.69 Å². The Morgan fingerprint density at radius 2 is 0.780 bits per heavy atom. The number of benzene rings is 8. The molecule has 50 heavy (non-hydrogen) atoms. The molecule has 8 aromatic carbocycles. The first-order valence-electron chi connectivity index (χ1n) is 17.0. The second-order valence-corrected chi connectivity index (χ2v) is 12.5. The first kappa shape index (κ1) is 29.5. The number of fused-ring (bicyclic) bond motifs is 3. The summed E-state index contributed by atoms with van der Waals surface area (Å²) in [7, 11) is 0. The zero-order valence-electron chi connectivity index (χ0n) is 27.4. The normalized spacial score (nSPS) is 11.2. The highest BCUT2D eigenvalue weighted by atomic mass is 16.3. The van der Waals surface area contributed by atoms with Gasteiger partial charge < -0.3 is 9.32 Å². The first-order valence-corrected chi connectivity index (χ1v) is 17.0. The number of hydrogen-bond donors (Lipinski definition) is 0. The van der Waals surface area contributed by atoms with Crippen molar-refractivity contribution in [3.05, 3.63) is 200 Å². The third-order valence-corrected chi connectivity index (χ3v) is 9.49. The Hall–Kier alpha value is -6.64. The number of rotatable bonds is 7. The van der Waals surface area contributed by atoms with Gasteiger partial charge in [-0.1, -0.05) is 152 Å². The van der Waals surface area contributed by atoms with Crippen molar-refractivity contribution in [2.45, 2.75) is 0 Å². The van der Waals surface area contributed by atoms with Gasteiger partial charge in [0.2, 0.25) is 0 Å². The maximum absolute atomic E-state index is 6.49. The van der Waals surface area contributed by atoms with Crippen LogP contribution in [-0.4, -0.2) is 0 Å². The Labute approximate surface area is 292 Å². The molecular weight excluding hydrogens is 607 g/mol. The van der Waals surface area contributed by atoms with Gasteiger partial charge in [0.1, 0.15) is 11.2 Å². The molecule has 0 aliphatic carbocycles. The summed E-state index contributed by atoms with van der Waals surface area (Å²) in [6.07, 6.45) is 0. The van der Waals surface area contributed by atoms with Crippen LogP contribution in [0.1, 0.15) is 0 Å². The third kappa shape index (κ3) is 5.43. The molecule has 0 N–H and O–H groups in total. The Morgan fingerprint density at radius 1 is 0.320 bits per heavy atom. The van der Waals surface area contributed by atoms with Crippen LogP contribution in [-0.2, 0) is 0 Å². The topological polar surface area (TPSA) is 16.4 Å². The largest absolute Gasteiger partial charge is 0.456 e. The van der Waals surface area contributed by atoms with Crippen molar-refractivity contribution in [2.75, 3.05) is 4.90 Å². The lowest BCUT2D eigenvalue weighted by Gasteiger charge is -2.29. The molecule has 2 heteroatoms. The highest BCUT2D eigenvalue weighted by Gasteiger charge is 2.23. The van der Waals surface area contributed by atoms with Gasteiger partial charge in [-0.05, 0) is 87.5 Å². The second-order valence-electron chi connectivity index (χ2n) is 12.5. The predicted octanol–water partition coefficient (Wildman–Crippen LogP) is 13.7. The number of anilines is 3. The van der Waals surface area contributed by atoms with E-state index in [2.05, 4.69) is 199 Å². The molecule has 0 radical (unpaired) electrons. The van der Waals surface area contributed by atoms with Crippen LogP contribution in [0.15, 0.2) is 205 Å². The minimum Gasteiger partial charge on any atom is -0.456 e. The number of furan rings is 1. The van der Waals surface area contributed by atoms with Crippen LogP contribution < -0.4 is 4.90 Å². The van der Waals surface area contributed by atoms with Gasteiger partial charge >= 0.3 is 0 Å². The summed E-state index contributed by atoms with van der Waals surface area (Å²) < 4.78 is 6.49. The van der Waals surface area contributed by atoms with Crippen LogP contribution in [0.5, 0.6) is 0 Å². The molecule has 236 valence electrons. The Balaban J connectivity index is 1.29. The van der Waals surface area contributed by atoms with Gasteiger partial charge in [-0.2, -0.15) is 0 Å². The van der Waals surface area contributed by atoms with E-state index in [0.29, 0.717) is 0 Å². The summed E-state index contributed by atoms with van der Waals surface area (Å²) in [6, 6.07) is 71.1. The molecular formula is C48H33NO. The van der Waals surface area contributed by atoms with E-state index >= 15 is 0 Å². The standard InChI is InChI=1S/C48H33NO/c1-4-13-34(14-5-1)37-23-27-41(28-24-37)49(42-29-25-38(26-30-42)35-15-6-2-7-16-35)44-31-32-46-48(43-21-10-11-22-45(43)50-46)47(44)40-20-12-19-39(33-40)36-17-8-3-9-18-36/h1-33H. The average molecular weight is 640 g/mol. The summed E-state index contributed by atoms with van der Waals surface area (Å²) in [6.45, 7) is 0. The molecule has 0 amide bonds. The lowest BCUT2D eigenvalue weighted by Crippen LogP contribution is -2.11. The molecule has 0 saturated carbocycles. The Morgan fingerprint density at radius 3 is 1.36 bits per heavy atom. The molecule has 9 aromatic rings. The summed E-state index contributed by atoms with van der Waals surface area (Å²) in [5.74, 6) is 0. The van der Waals surface area contributed by atoms with Crippen LogP contribution in [0.2, 0.25) is 0 Å². The molecule has 1 heterocycles. The number of hydrogen-bond acceptors (Lipinski definition) is 2. The SMILES string of the molecule is c1ccc(-c2ccc(N(c3ccc(-c4ccccc4)cc3)c3ccc4oc5ccccc5c4c3-c3cccc(-c4ccccc4)c3)cc2)cc1. The van der Waals surface area contributed by atoms with E-state index in [1.54, 1.807) is 0 Å². The molecule has 1 aromatic heterocycles. The van der Waals surface area contributed by atoms with Crippen molar-refractivity contribution >= 4 is 39.0 Å². The molecule has 9 rings (SSSR count). The van der Waals surface area contributed by atoms with Crippen molar-refractivity contribution in [3.63, 3.8) is 0 Å². The Kier molecular flexibility index (Phi) is 7.53. The van der Waals surface area contributed by atoms with Crippen LogP contribution in [0.4, 0.5) is 17.1 Å². The fourth-order valence-corrected chi connectivity index (χ4v) is 7.06. The molecule has 0 aliphatic heterocycles. The summed E-state index contributed by atoms with van der Waals surface area (Å²) in [5, 5.41) is 2.21. The number of para-hydroxylation sites is 1. The molecule has 2 nitrogen and oxygen atoms in total. The van der Waals surface area contributed by atoms with Crippen molar-refractivity contribution in [3.8, 4) is 44.5 Å². The van der Waals surface area contributed by atoms with Crippen LogP contribution in [0, 0.1) is 0 Å². The molecule has 0 unspecified atom stereocenters. The predicted molar refractivity (Wildman–Crippen MR) is 210 cm³/mol. The highest BCUT2D eigenvalue weighted by Crippen LogP contribution is 2.48. The van der Waals surface area contributed by atoms with E-state index in [1.165, 1.54) is 33.4 Å². The molecule has 0 bridgehead atoms. The summed E-state index contributed by atoms with van der Waals surface area (Å²) in [5.41, 5.74) is 14.3. The minimum atomic E-state index is 0.869. The van der Waals surface area contributed by atoms with Crippen molar-refractivity contribution < 1.29 is 4.42 Å². The smallest absolute Gasteiger partial charge is 0.136 e. The van der Waals surface area contributed by atoms with E-state index < -0.39 is 0 Å². The maximum atomic E-state index is 6.49. The van der Waals surface area contributed by atoms with Gasteiger partial charge in [0.15, 0.2) is 0 Å². The van der Waals surface area contributed by atoms with Gasteiger partial charge in [0, 0.05) is 27.7 Å². The second kappa shape index (κ2) is 12.8. The van der Waals surface area contributed by atoms with E-state index in [-0.39, 0.29) is 0 Å². The summed E-state index contributed by atoms with van der Waals surface area (Å²) in [4.78, 5) is 2.38. The molecule has 0 aliphatic rings. The monoisotopic (exact) mass is 639 g/mol. The average Bonchev–Trinajstić information content (AvgIpc) is 3.58. The van der Waals surface area contributed by atoms with Gasteiger partial charge in [-0.3, -0.25) is 0 Å². The van der Waals surface area contributed by atoms with E-state index in [0.717, 1.165) is 50.1 Å². The van der Waals surface area contributed by atoms with Gasteiger partial charge in [-0.15, -0.1) is 0 Å². The molecule has 0 fully saturated rings. The number of nitrogens with zero attached hydrogens (tertiary/aromatic N) is 1. The molecule has 0 saturated heterocycles. The van der Waals surface area contributed by atoms with Crippen molar-refractivity contribution in [1.82, 2.24) is 0 Å². The van der Waals surface area contributed by atoms with Crippen LogP contribution in [0.25, 0.3) is 66.4 Å². The van der Waals surface area contributed by atoms with Crippen molar-refractivity contribution in [2.24, 2.45) is 0 Å². The fourth-order valence-electron chi connectivity index (χ4n) is 7.06. The quantitative estimate of drug-likeness (QED) is 0.173. The summed E-state index contributed by atoms with van der Waals surface area (Å²) >= 11 is 0. The lowest BCUT2D eigenvalue weighted by atomic mass is 9.93. The zero-order valence-corrected chi connectivity index (χ0v) is 27.4. The highest BCUT2D eigenvalue weighted by molar-refractivity contribution is 6.16. The van der Waals surface area contributed by atoms with Gasteiger partial charge in [0.25, 0.3) is 0 Å². The minimum absolute atomic E-state index is 0.869. The van der Waals surface area contributed by atoms with Crippen molar-refractivity contribution in [1.29, 1.82) is 0 Å². The third-order valence-electron chi connectivity index (χ3n) is 9.49. The Bertz CT molecular complexity index is 2470. The van der Waals surface area contributed by atoms with Crippen LogP contribution >= 0.6 is 0 Å². The van der Waals surface area contributed by atoms with Gasteiger partial charge in [-0.25, -0.2) is 0 Å². The van der Waals surface area contributed by atoms with E-state index in [1.807, 2.05) is 6.07 Å². The maximum Gasteiger partial charge on any atom is 0.136 e. The lowest BCUT2D eigenvalue weighted by molar-refractivity contribution is 0.669. The first-order chi connectivity index (χ1) is 24.8. The zero-order chi connectivity index (χ0) is 33.3. The molecule has 0 spiro atoms. The fraction of sp³-hybridized carbons (Fsp3) is 0. The van der Waals surface area contributed by atoms with Crippen LogP contribution in [0.3, 0.4) is 0 Å². The molecule has 0 atom stereocenters. The van der Waals surface area contributed by atoms with E-state index in [4.69, 9.17) is 4.42 Å².